The summed E-state index contributed by atoms with van der Waals surface area (Å²) in [5, 5.41) is 47.3. The fourth-order valence-electron chi connectivity index (χ4n) is 6.35. The van der Waals surface area contributed by atoms with Crippen molar-refractivity contribution < 1.29 is 80.6 Å². The molecule has 0 aliphatic rings. The number of rotatable bonds is 25. The van der Waals surface area contributed by atoms with Gasteiger partial charge in [-0.3, -0.25) is 35.1 Å². The summed E-state index contributed by atoms with van der Waals surface area (Å²) in [5.74, 6) is 18.0. The number of nitrogens with one attached hydrogen (secondary N) is 2. The number of nitro benzene ring substituents is 3. The van der Waals surface area contributed by atoms with E-state index >= 15 is 0 Å². The van der Waals surface area contributed by atoms with Gasteiger partial charge in [-0.1, -0.05) is 103 Å². The highest BCUT2D eigenvalue weighted by molar-refractivity contribution is 5.87. The minimum atomic E-state index is -0.917. The van der Waals surface area contributed by atoms with Crippen LogP contribution in [0, 0.1) is 102 Å². The van der Waals surface area contributed by atoms with E-state index in [0.717, 1.165) is 0 Å². The number of nitrogens with zero attached hydrogens (tertiary/aromatic N) is 3. The smallest absolute Gasteiger partial charge is 0.507 e. The average Bonchev–Trinajstić information content (AvgIpc) is 0.963. The van der Waals surface area contributed by atoms with Gasteiger partial charge in [0.05, 0.1) is 70.5 Å². The summed E-state index contributed by atoms with van der Waals surface area (Å²) in [7, 11) is 0. The molecule has 0 aliphatic heterocycles. The Morgan fingerprint density at radius 1 is 0.602 bits per heavy atom. The van der Waals surface area contributed by atoms with Gasteiger partial charge in [-0.25, -0.2) is 14.4 Å². The predicted octanol–water partition coefficient (Wildman–Crippen LogP) is 14.2. The van der Waals surface area contributed by atoms with Gasteiger partial charge in [-0.05, 0) is 112 Å². The van der Waals surface area contributed by atoms with Gasteiger partial charge in [-0.2, -0.15) is 8.78 Å². The molecule has 3 N–H and O–H groups in total. The van der Waals surface area contributed by atoms with Gasteiger partial charge in [0, 0.05) is 66.0 Å². The zero-order chi connectivity index (χ0) is 70.4. The van der Waals surface area contributed by atoms with Crippen molar-refractivity contribution in [1.29, 1.82) is 0 Å². The van der Waals surface area contributed by atoms with Crippen molar-refractivity contribution in [3.63, 3.8) is 0 Å². The van der Waals surface area contributed by atoms with E-state index < -0.39 is 45.0 Å². The minimum absolute atomic E-state index is 0.0135. The van der Waals surface area contributed by atoms with Gasteiger partial charge >= 0.3 is 18.3 Å². The van der Waals surface area contributed by atoms with Crippen LogP contribution in [-0.4, -0.2) is 83.5 Å². The molecular formula is C68H80F3N5O17. The number of carbonyl (C=O) groups is 4. The normalized spacial score (nSPS) is 10.2. The standard InChI is InChI=1S/C18H23NO4.C17H19FN2O5.C14H14FNO5.C13H16O3.C6H8FN/c1-13(2)12-23-15(4)17-10-9-16(11-18(17)19(21)22)8-6-5-7-14(3)20;1-12(2)10-24-17(21)25-11-15-9-14(5-4-8-19-13(3)18)6-7-16(15)20(22)23;1-10(2)8-20-14(17)21-9-12-7-11(5-6-15)3-4-13(12)16(18)19;1-10(2)9-16-13(15)8-7-11-5-3-4-6-12(11)14;1-3-4-5-8-6(2)7/h9-11,13,15H,5,7,12H2,1-4H3;6-7,9,12,19H,3,8,10-11H2,1-2H3;3-4,7,10H,8-9H2,1-2H3;3-8,10,14H,9H2,1-2H3;8H,2,5H2,1H3/b;;;8-7+;. The molecule has 25 heteroatoms. The lowest BCUT2D eigenvalue weighted by atomic mass is 10.0. The van der Waals surface area contributed by atoms with E-state index in [0.29, 0.717) is 66.7 Å². The Balaban J connectivity index is 0.00000118. The van der Waals surface area contributed by atoms with Gasteiger partial charge < -0.3 is 44.2 Å². The number of nitro groups is 3. The van der Waals surface area contributed by atoms with Crippen LogP contribution in [-0.2, 0) is 51.2 Å². The monoisotopic (exact) mass is 1300 g/mol. The number of carbonyl (C=O) groups excluding carboxylic acids is 4. The summed E-state index contributed by atoms with van der Waals surface area (Å²) >= 11 is 0. The first-order chi connectivity index (χ1) is 43.9. The third-order valence-corrected chi connectivity index (χ3v) is 10.7. The van der Waals surface area contributed by atoms with Gasteiger partial charge in [0.15, 0.2) is 11.9 Å². The Labute approximate surface area is 540 Å². The van der Waals surface area contributed by atoms with Gasteiger partial charge in [0.25, 0.3) is 17.1 Å². The molecule has 0 saturated heterocycles. The lowest BCUT2D eigenvalue weighted by molar-refractivity contribution is -0.386. The Morgan fingerprint density at radius 3 is 1.51 bits per heavy atom. The molecule has 500 valence electrons. The van der Waals surface area contributed by atoms with Crippen molar-refractivity contribution in [1.82, 2.24) is 10.6 Å². The molecule has 4 aromatic rings. The number of halogens is 3. The quantitative estimate of drug-likeness (QED) is 0.0106. The van der Waals surface area contributed by atoms with Crippen LogP contribution in [0.2, 0.25) is 0 Å². The zero-order valence-electron chi connectivity index (χ0n) is 54.0. The molecule has 0 spiro atoms. The highest BCUT2D eigenvalue weighted by Crippen LogP contribution is 2.29. The second-order valence-electron chi connectivity index (χ2n) is 21.0. The van der Waals surface area contributed by atoms with Crippen LogP contribution in [0.25, 0.3) is 6.08 Å². The third kappa shape index (κ3) is 40.6. The molecule has 0 fully saturated rings. The molecule has 1 unspecified atom stereocenters. The van der Waals surface area contributed by atoms with Gasteiger partial charge in [-0.15, -0.1) is 10.3 Å². The molecule has 22 nitrogen and oxygen atoms in total. The molecule has 0 amide bonds. The fraction of sp³-hybridized carbons (Fsp3) is 0.382. The van der Waals surface area contributed by atoms with Crippen molar-refractivity contribution >= 4 is 47.2 Å². The lowest BCUT2D eigenvalue weighted by Crippen LogP contribution is -2.12. The van der Waals surface area contributed by atoms with Crippen LogP contribution >= 0.6 is 0 Å². The van der Waals surface area contributed by atoms with Crippen molar-refractivity contribution in [3.8, 4) is 53.4 Å². The molecule has 4 rings (SSSR count). The highest BCUT2D eigenvalue weighted by atomic mass is 19.1. The first-order valence-corrected chi connectivity index (χ1v) is 28.7. The second-order valence-corrected chi connectivity index (χ2v) is 21.0. The average molecular weight is 1300 g/mol. The molecule has 0 radical (unpaired) electrons. The first-order valence-electron chi connectivity index (χ1n) is 28.7. The number of hydrogen-bond acceptors (Lipinski definition) is 19. The molecule has 0 heterocycles. The number of para-hydroxylation sites is 1. The van der Waals surface area contributed by atoms with Crippen LogP contribution < -0.4 is 10.6 Å². The molecule has 93 heavy (non-hydrogen) atoms. The van der Waals surface area contributed by atoms with Crippen molar-refractivity contribution in [2.24, 2.45) is 23.7 Å². The third-order valence-electron chi connectivity index (χ3n) is 10.7. The van der Waals surface area contributed by atoms with Gasteiger partial charge in [0.1, 0.15) is 30.9 Å². The molecule has 0 bridgehead atoms. The van der Waals surface area contributed by atoms with Crippen molar-refractivity contribution in [2.75, 3.05) is 39.5 Å². The molecule has 0 saturated carbocycles. The largest absolute Gasteiger partial charge is 0.508 e. The van der Waals surface area contributed by atoms with E-state index in [2.05, 4.69) is 65.2 Å². The molecule has 0 aliphatic carbocycles. The molecule has 0 aromatic heterocycles. The van der Waals surface area contributed by atoms with Crippen LogP contribution in [0.4, 0.5) is 39.8 Å². The number of aromatic hydroxyl groups is 1. The number of esters is 1. The predicted molar refractivity (Wildman–Crippen MR) is 345 cm³/mol. The molecule has 1 atom stereocenters. The van der Waals surface area contributed by atoms with E-state index in [1.807, 2.05) is 62.3 Å². The second kappa shape index (κ2) is 47.3. The summed E-state index contributed by atoms with van der Waals surface area (Å²) < 4.78 is 66.0. The number of ketones is 1. The Morgan fingerprint density at radius 2 is 1.05 bits per heavy atom. The summed E-state index contributed by atoms with van der Waals surface area (Å²) in [6.07, 6.45) is 2.75. The number of phenols is 1. The summed E-state index contributed by atoms with van der Waals surface area (Å²) in [5.41, 5.74) is 2.30. The van der Waals surface area contributed by atoms with Crippen molar-refractivity contribution in [2.45, 2.75) is 108 Å². The van der Waals surface area contributed by atoms with Crippen LogP contribution in [0.15, 0.2) is 110 Å². The fourth-order valence-corrected chi connectivity index (χ4v) is 6.35. The van der Waals surface area contributed by atoms with Gasteiger partial charge in [0.2, 0.25) is 0 Å². The van der Waals surface area contributed by atoms with Crippen LogP contribution in [0.5, 0.6) is 5.75 Å². The maximum absolute atomic E-state index is 12.4. The Kier molecular flexibility index (Phi) is 41.9. The first kappa shape index (κ1) is 82.4. The van der Waals surface area contributed by atoms with E-state index in [9.17, 15) is 67.8 Å². The number of Topliss-reactive ketones (excluding diaryl/α,β-unsaturated/α-hetero) is 1. The number of phenolic OH excluding ortho intramolecular Hbond substituents is 1. The Bertz CT molecular complexity index is 3430. The van der Waals surface area contributed by atoms with E-state index in [1.54, 1.807) is 43.3 Å². The summed E-state index contributed by atoms with van der Waals surface area (Å²) in [4.78, 5) is 76.5. The lowest BCUT2D eigenvalue weighted by Gasteiger charge is -2.15. The number of ether oxygens (including phenoxy) is 6. The maximum atomic E-state index is 12.4. The maximum Gasteiger partial charge on any atom is 0.508 e. The summed E-state index contributed by atoms with van der Waals surface area (Å²) in [6.45, 7) is 27.5. The van der Waals surface area contributed by atoms with E-state index in [4.69, 9.17) is 28.4 Å². The SMILES string of the molecule is C=C(F)NCC#CC.C=C(F)NCC#Cc1ccc([N+](=O)[O-])c(COC(=O)OCC(C)C)c1.CC(=O)CCC#Cc1ccc(C(C)OCC(C)C)c([N+](=O)[O-])c1.CC(C)COC(=O)/C=C/c1ccccc1O.CC(C)COC(=O)OCc1cc(C#CF)ccc1[N+](=O)[O-]. The Hall–Kier alpha value is -10.6. The van der Waals surface area contributed by atoms with E-state index in [1.165, 1.54) is 67.7 Å². The number of hydrogen-bond donors (Lipinski definition) is 3. The van der Waals surface area contributed by atoms with Crippen molar-refractivity contribution in [3.05, 3.63) is 179 Å². The van der Waals surface area contributed by atoms with Crippen LogP contribution in [0.1, 0.15) is 134 Å². The highest BCUT2D eigenvalue weighted by Gasteiger charge is 2.21. The minimum Gasteiger partial charge on any atom is -0.507 e. The molecule has 4 aromatic carbocycles. The van der Waals surface area contributed by atoms with Crippen LogP contribution in [0.3, 0.4) is 0 Å². The number of benzene rings is 4. The zero-order valence-corrected chi connectivity index (χ0v) is 54.0. The van der Waals surface area contributed by atoms with E-state index in [-0.39, 0.29) is 96.2 Å². The topological polar surface area (TPSA) is 297 Å². The molecular weight excluding hydrogens is 1220 g/mol. The summed E-state index contributed by atoms with van der Waals surface area (Å²) in [6, 6.07) is 19.7.